The summed E-state index contributed by atoms with van der Waals surface area (Å²) >= 11 is 3.32. The molecule has 0 radical (unpaired) electrons. The van der Waals surface area contributed by atoms with E-state index in [0.717, 1.165) is 16.7 Å². The fraction of sp³-hybridized carbons (Fsp3) is 0.200. The Labute approximate surface area is 125 Å². The maximum Gasteiger partial charge on any atom is 0.226 e. The standard InChI is InChI=1S/C15H14BrN3O/c16-11-5-6-14(18-9-11)19-15(20)7-10-8-17-13-4-2-1-3-12(10)13/h1-6,9-10,17H,7-8H2,(H,18,19,20). The van der Waals surface area contributed by atoms with E-state index >= 15 is 0 Å². The predicted molar refractivity (Wildman–Crippen MR) is 82.9 cm³/mol. The number of anilines is 2. The summed E-state index contributed by atoms with van der Waals surface area (Å²) in [4.78, 5) is 16.2. The number of pyridine rings is 1. The van der Waals surface area contributed by atoms with E-state index in [1.807, 2.05) is 24.3 Å². The number of carbonyl (C=O) groups is 1. The molecule has 0 aliphatic carbocycles. The number of benzene rings is 1. The van der Waals surface area contributed by atoms with E-state index in [9.17, 15) is 4.79 Å². The average Bonchev–Trinajstić information content (AvgIpc) is 2.85. The van der Waals surface area contributed by atoms with Crippen molar-refractivity contribution in [3.63, 3.8) is 0 Å². The molecule has 1 aromatic carbocycles. The number of carbonyl (C=O) groups excluding carboxylic acids is 1. The lowest BCUT2D eigenvalue weighted by Crippen LogP contribution is -2.17. The van der Waals surface area contributed by atoms with Crippen LogP contribution in [0.5, 0.6) is 0 Å². The van der Waals surface area contributed by atoms with Crippen LogP contribution in [0, 0.1) is 0 Å². The third kappa shape index (κ3) is 2.82. The number of rotatable bonds is 3. The van der Waals surface area contributed by atoms with Crippen molar-refractivity contribution in [2.45, 2.75) is 12.3 Å². The molecule has 1 unspecified atom stereocenters. The molecular formula is C15H14BrN3O. The normalized spacial score (nSPS) is 16.4. The lowest BCUT2D eigenvalue weighted by molar-refractivity contribution is -0.116. The third-order valence-electron chi connectivity index (χ3n) is 3.37. The minimum atomic E-state index is -0.0108. The largest absolute Gasteiger partial charge is 0.384 e. The zero-order valence-corrected chi connectivity index (χ0v) is 12.4. The number of nitrogens with zero attached hydrogens (tertiary/aromatic N) is 1. The second-order valence-corrected chi connectivity index (χ2v) is 5.69. The molecule has 1 aromatic heterocycles. The number of aromatic nitrogens is 1. The molecule has 1 aliphatic heterocycles. The summed E-state index contributed by atoms with van der Waals surface area (Å²) in [6, 6.07) is 11.8. The molecule has 0 saturated carbocycles. The predicted octanol–water partition coefficient (Wildman–Crippen LogP) is 3.38. The van der Waals surface area contributed by atoms with Gasteiger partial charge in [-0.1, -0.05) is 18.2 Å². The number of halogens is 1. The number of nitrogens with one attached hydrogen (secondary N) is 2. The highest BCUT2D eigenvalue weighted by atomic mass is 79.9. The Bertz CT molecular complexity index is 627. The topological polar surface area (TPSA) is 54.0 Å². The van der Waals surface area contributed by atoms with Crippen molar-refractivity contribution >= 4 is 33.3 Å². The monoisotopic (exact) mass is 331 g/mol. The van der Waals surface area contributed by atoms with Gasteiger partial charge in [0.15, 0.2) is 0 Å². The molecule has 1 atom stereocenters. The molecule has 20 heavy (non-hydrogen) atoms. The van der Waals surface area contributed by atoms with E-state index in [-0.39, 0.29) is 11.8 Å². The number of amides is 1. The quantitative estimate of drug-likeness (QED) is 0.906. The van der Waals surface area contributed by atoms with Crippen LogP contribution in [0.15, 0.2) is 47.1 Å². The van der Waals surface area contributed by atoms with Gasteiger partial charge in [0.05, 0.1) is 0 Å². The molecule has 0 spiro atoms. The van der Waals surface area contributed by atoms with Crippen molar-refractivity contribution in [3.05, 3.63) is 52.6 Å². The van der Waals surface area contributed by atoms with E-state index in [0.29, 0.717) is 12.2 Å². The molecule has 0 fully saturated rings. The number of para-hydroxylation sites is 1. The summed E-state index contributed by atoms with van der Waals surface area (Å²) in [5, 5.41) is 6.15. The molecule has 0 saturated heterocycles. The van der Waals surface area contributed by atoms with Crippen LogP contribution in [-0.2, 0) is 4.79 Å². The Morgan fingerprint density at radius 2 is 2.20 bits per heavy atom. The van der Waals surface area contributed by atoms with Crippen molar-refractivity contribution in [1.29, 1.82) is 0 Å². The molecule has 5 heteroatoms. The van der Waals surface area contributed by atoms with Crippen molar-refractivity contribution in [3.8, 4) is 0 Å². The number of fused-ring (bicyclic) bond motifs is 1. The van der Waals surface area contributed by atoms with E-state index in [1.54, 1.807) is 12.3 Å². The smallest absolute Gasteiger partial charge is 0.226 e. The van der Waals surface area contributed by atoms with Crippen molar-refractivity contribution in [1.82, 2.24) is 4.98 Å². The Morgan fingerprint density at radius 1 is 1.35 bits per heavy atom. The highest BCUT2D eigenvalue weighted by molar-refractivity contribution is 9.10. The Balaban J connectivity index is 1.64. The van der Waals surface area contributed by atoms with Gasteiger partial charge in [-0.05, 0) is 39.7 Å². The molecule has 2 heterocycles. The first-order valence-corrected chi connectivity index (χ1v) is 7.26. The summed E-state index contributed by atoms with van der Waals surface area (Å²) in [6.45, 7) is 0.806. The van der Waals surface area contributed by atoms with Gasteiger partial charge < -0.3 is 10.6 Å². The van der Waals surface area contributed by atoms with Crippen LogP contribution >= 0.6 is 15.9 Å². The molecule has 2 aromatic rings. The lowest BCUT2D eigenvalue weighted by Gasteiger charge is -2.10. The maximum atomic E-state index is 12.1. The highest BCUT2D eigenvalue weighted by Crippen LogP contribution is 2.33. The fourth-order valence-electron chi connectivity index (χ4n) is 2.41. The van der Waals surface area contributed by atoms with Crippen molar-refractivity contribution in [2.75, 3.05) is 17.2 Å². The summed E-state index contributed by atoms with van der Waals surface area (Å²) in [5.74, 6) is 0.794. The summed E-state index contributed by atoms with van der Waals surface area (Å²) < 4.78 is 0.893. The summed E-state index contributed by atoms with van der Waals surface area (Å²) in [7, 11) is 0. The van der Waals surface area contributed by atoms with Crippen LogP contribution in [0.4, 0.5) is 11.5 Å². The highest BCUT2D eigenvalue weighted by Gasteiger charge is 2.23. The van der Waals surface area contributed by atoms with Gasteiger partial charge in [-0.25, -0.2) is 4.98 Å². The lowest BCUT2D eigenvalue weighted by atomic mass is 9.97. The van der Waals surface area contributed by atoms with Crippen LogP contribution in [-0.4, -0.2) is 17.4 Å². The molecule has 3 rings (SSSR count). The van der Waals surface area contributed by atoms with Gasteiger partial charge in [-0.2, -0.15) is 0 Å². The maximum absolute atomic E-state index is 12.1. The third-order valence-corrected chi connectivity index (χ3v) is 3.84. The zero-order chi connectivity index (χ0) is 13.9. The molecule has 102 valence electrons. The van der Waals surface area contributed by atoms with Crippen LogP contribution in [0.3, 0.4) is 0 Å². The molecule has 1 amide bonds. The minimum absolute atomic E-state index is 0.0108. The Hall–Kier alpha value is -1.88. The minimum Gasteiger partial charge on any atom is -0.384 e. The first-order valence-electron chi connectivity index (χ1n) is 6.46. The zero-order valence-electron chi connectivity index (χ0n) is 10.8. The van der Waals surface area contributed by atoms with E-state index < -0.39 is 0 Å². The molecule has 4 nitrogen and oxygen atoms in total. The van der Waals surface area contributed by atoms with Gasteiger partial charge in [0.1, 0.15) is 5.82 Å². The van der Waals surface area contributed by atoms with Crippen molar-refractivity contribution < 1.29 is 4.79 Å². The van der Waals surface area contributed by atoms with E-state index in [2.05, 4.69) is 37.6 Å². The van der Waals surface area contributed by atoms with Gasteiger partial charge in [0.25, 0.3) is 0 Å². The van der Waals surface area contributed by atoms with Gasteiger partial charge in [0.2, 0.25) is 5.91 Å². The number of hydrogen-bond donors (Lipinski definition) is 2. The number of hydrogen-bond acceptors (Lipinski definition) is 3. The summed E-state index contributed by atoms with van der Waals surface area (Å²) in [6.07, 6.45) is 2.13. The van der Waals surface area contributed by atoms with Crippen LogP contribution in [0.2, 0.25) is 0 Å². The Kier molecular flexibility index (Phi) is 3.69. The van der Waals surface area contributed by atoms with Crippen molar-refractivity contribution in [2.24, 2.45) is 0 Å². The van der Waals surface area contributed by atoms with E-state index in [4.69, 9.17) is 0 Å². The van der Waals surface area contributed by atoms with E-state index in [1.165, 1.54) is 5.56 Å². The second kappa shape index (κ2) is 5.63. The van der Waals surface area contributed by atoms with Gasteiger partial charge in [-0.3, -0.25) is 4.79 Å². The molecular weight excluding hydrogens is 318 g/mol. The molecule has 0 bridgehead atoms. The fourth-order valence-corrected chi connectivity index (χ4v) is 2.64. The van der Waals surface area contributed by atoms with Gasteiger partial charge in [-0.15, -0.1) is 0 Å². The molecule has 1 aliphatic rings. The van der Waals surface area contributed by atoms with Crippen LogP contribution in [0.1, 0.15) is 17.9 Å². The average molecular weight is 332 g/mol. The SMILES string of the molecule is O=C(CC1CNc2ccccc21)Nc1ccc(Br)cn1. The molecule has 2 N–H and O–H groups in total. The van der Waals surface area contributed by atoms with Gasteiger partial charge in [0, 0.05) is 35.2 Å². The first-order chi connectivity index (χ1) is 9.72. The first kappa shape index (κ1) is 13.1. The van der Waals surface area contributed by atoms with Crippen LogP contribution < -0.4 is 10.6 Å². The second-order valence-electron chi connectivity index (χ2n) is 4.78. The Morgan fingerprint density at radius 3 is 3.00 bits per heavy atom. The van der Waals surface area contributed by atoms with Gasteiger partial charge >= 0.3 is 0 Å². The van der Waals surface area contributed by atoms with Crippen LogP contribution in [0.25, 0.3) is 0 Å². The summed E-state index contributed by atoms with van der Waals surface area (Å²) in [5.41, 5.74) is 2.35.